The minimum atomic E-state index is -0.714. The second-order valence-electron chi connectivity index (χ2n) is 13.2. The highest BCUT2D eigenvalue weighted by Crippen LogP contribution is 2.34. The van der Waals surface area contributed by atoms with E-state index in [1.165, 1.54) is 6.42 Å². The first-order valence-electron chi connectivity index (χ1n) is 17.3. The predicted octanol–water partition coefficient (Wildman–Crippen LogP) is 6.22. The van der Waals surface area contributed by atoms with Gasteiger partial charge in [-0.25, -0.2) is 9.97 Å². The topological polar surface area (TPSA) is 119 Å². The zero-order chi connectivity index (χ0) is 33.2. The van der Waals surface area contributed by atoms with Crippen LogP contribution in [0.3, 0.4) is 0 Å². The van der Waals surface area contributed by atoms with E-state index in [0.29, 0.717) is 18.3 Å². The Morgan fingerprint density at radius 3 is 2.24 bits per heavy atom. The van der Waals surface area contributed by atoms with E-state index in [9.17, 15) is 9.59 Å². The molecule has 2 saturated heterocycles. The summed E-state index contributed by atoms with van der Waals surface area (Å²) < 4.78 is 0. The summed E-state index contributed by atoms with van der Waals surface area (Å²) in [6, 6.07) is 25.7. The van der Waals surface area contributed by atoms with Gasteiger partial charge in [-0.05, 0) is 85.4 Å². The molecule has 0 spiro atoms. The van der Waals surface area contributed by atoms with Gasteiger partial charge in [-0.1, -0.05) is 72.7 Å². The van der Waals surface area contributed by atoms with Crippen molar-refractivity contribution in [2.24, 2.45) is 5.92 Å². The van der Waals surface area contributed by atoms with Crippen molar-refractivity contribution in [2.45, 2.75) is 56.7 Å². The van der Waals surface area contributed by atoms with Crippen molar-refractivity contribution < 1.29 is 9.59 Å². The van der Waals surface area contributed by atoms with Crippen LogP contribution in [0.2, 0.25) is 0 Å². The van der Waals surface area contributed by atoms with Gasteiger partial charge < -0.3 is 25.5 Å². The van der Waals surface area contributed by atoms with E-state index < -0.39 is 6.04 Å². The summed E-state index contributed by atoms with van der Waals surface area (Å²) in [4.78, 5) is 44.6. The highest BCUT2D eigenvalue weighted by molar-refractivity contribution is 5.90. The lowest BCUT2D eigenvalue weighted by atomic mass is 10.0. The van der Waals surface area contributed by atoms with E-state index in [4.69, 9.17) is 0 Å². The highest BCUT2D eigenvalue weighted by atomic mass is 16.2. The summed E-state index contributed by atoms with van der Waals surface area (Å²) >= 11 is 0. The first kappa shape index (κ1) is 30.8. The summed E-state index contributed by atoms with van der Waals surface area (Å²) in [7, 11) is 0. The third-order valence-electron chi connectivity index (χ3n) is 9.80. The lowest BCUT2D eigenvalue weighted by molar-refractivity contribution is -0.137. The number of nitrogens with one attached hydrogen (secondary N) is 4. The monoisotopic (exact) mass is 649 g/mol. The molecule has 246 valence electrons. The first-order chi connectivity index (χ1) is 24.1. The van der Waals surface area contributed by atoms with Gasteiger partial charge in [-0.2, -0.15) is 0 Å². The van der Waals surface area contributed by atoms with Crippen LogP contribution in [0.5, 0.6) is 0 Å². The van der Waals surface area contributed by atoms with Gasteiger partial charge in [0, 0.05) is 18.0 Å². The predicted molar refractivity (Wildman–Crippen MR) is 188 cm³/mol. The third-order valence-corrected chi connectivity index (χ3v) is 9.80. The molecule has 3 aliphatic rings. The van der Waals surface area contributed by atoms with Gasteiger partial charge in [-0.15, -0.1) is 0 Å². The van der Waals surface area contributed by atoms with Gasteiger partial charge >= 0.3 is 0 Å². The molecule has 0 bridgehead atoms. The SMILES string of the molecule is O=C(N[C@@H](C(=O)N1CCC[C@H]1c1ncc(C#Cc2ccc(-c3ccc(-c4cnc([C@@H]5CCCN5)[nH]4)cc3)cc2)[nH]1)c1ccccc1)C1CC1. The second-order valence-corrected chi connectivity index (χ2v) is 13.2. The molecule has 2 aromatic heterocycles. The largest absolute Gasteiger partial charge is 0.341 e. The number of amides is 2. The molecular formula is C40H39N7O2. The molecule has 1 aliphatic carbocycles. The molecule has 3 aromatic carbocycles. The van der Waals surface area contributed by atoms with E-state index in [1.807, 2.05) is 53.6 Å². The minimum absolute atomic E-state index is 0.0169. The van der Waals surface area contributed by atoms with Crippen molar-refractivity contribution in [1.29, 1.82) is 0 Å². The Morgan fingerprint density at radius 1 is 0.776 bits per heavy atom. The standard InChI is InChI=1S/C40H39N7O2/c48-39(31-19-20-31)46-36(30-6-2-1-3-7-30)40(49)47-23-5-9-35(47)38-42-24-32(44-38)21-12-26-10-13-27(14-11-26)28-15-17-29(18-16-28)34-25-43-37(45-34)33-8-4-22-41-33/h1-3,6-7,10-11,13-18,24-25,31,33,35-36,41H,4-5,8-9,19-20,22-23H2,(H,42,44)(H,43,45)(H,46,48)/t33-,35-,36+/m0/s1. The van der Waals surface area contributed by atoms with Crippen LogP contribution in [0, 0.1) is 17.8 Å². The van der Waals surface area contributed by atoms with Gasteiger partial charge in [0.05, 0.1) is 30.2 Å². The van der Waals surface area contributed by atoms with Crippen LogP contribution in [0.4, 0.5) is 0 Å². The molecule has 2 amide bonds. The zero-order valence-corrected chi connectivity index (χ0v) is 27.3. The Hall–Kier alpha value is -5.46. The molecule has 4 heterocycles. The average molecular weight is 650 g/mol. The second kappa shape index (κ2) is 13.6. The van der Waals surface area contributed by atoms with Crippen LogP contribution >= 0.6 is 0 Å². The Labute approximate surface area is 286 Å². The zero-order valence-electron chi connectivity index (χ0n) is 27.3. The van der Waals surface area contributed by atoms with Crippen LogP contribution in [0.1, 0.15) is 85.1 Å². The van der Waals surface area contributed by atoms with Crippen LogP contribution in [0.15, 0.2) is 91.3 Å². The summed E-state index contributed by atoms with van der Waals surface area (Å²) in [5, 5.41) is 6.53. The van der Waals surface area contributed by atoms with Gasteiger partial charge in [0.2, 0.25) is 11.8 Å². The number of hydrogen-bond donors (Lipinski definition) is 4. The number of carbonyl (C=O) groups excluding carboxylic acids is 2. The Bertz CT molecular complexity index is 1990. The van der Waals surface area contributed by atoms with E-state index in [1.54, 1.807) is 6.20 Å². The number of imidazole rings is 2. The molecular weight excluding hydrogens is 610 g/mol. The van der Waals surface area contributed by atoms with E-state index in [2.05, 4.69) is 78.8 Å². The number of H-pyrrole nitrogens is 2. The molecule has 49 heavy (non-hydrogen) atoms. The van der Waals surface area contributed by atoms with Crippen LogP contribution in [-0.2, 0) is 9.59 Å². The third kappa shape index (κ3) is 6.78. The normalized spacial score (nSPS) is 19.3. The number of nitrogens with zero attached hydrogens (tertiary/aromatic N) is 3. The van der Waals surface area contributed by atoms with Gasteiger partial charge in [-0.3, -0.25) is 9.59 Å². The van der Waals surface area contributed by atoms with Crippen molar-refractivity contribution in [2.75, 3.05) is 13.1 Å². The summed E-state index contributed by atoms with van der Waals surface area (Å²) in [5.74, 6) is 8.05. The maximum absolute atomic E-state index is 13.9. The lowest BCUT2D eigenvalue weighted by Gasteiger charge is -2.28. The fourth-order valence-electron chi connectivity index (χ4n) is 6.89. The maximum Gasteiger partial charge on any atom is 0.250 e. The molecule has 3 fully saturated rings. The smallest absolute Gasteiger partial charge is 0.250 e. The molecule has 9 nitrogen and oxygen atoms in total. The molecule has 0 unspecified atom stereocenters. The number of aromatic amines is 2. The summed E-state index contributed by atoms with van der Waals surface area (Å²) in [6.45, 7) is 1.66. The first-order valence-corrected chi connectivity index (χ1v) is 17.3. The molecule has 9 heteroatoms. The molecule has 3 atom stereocenters. The summed E-state index contributed by atoms with van der Waals surface area (Å²) in [5.41, 5.74) is 6.79. The van der Waals surface area contributed by atoms with Crippen molar-refractivity contribution in [3.63, 3.8) is 0 Å². The van der Waals surface area contributed by atoms with Crippen molar-refractivity contribution in [3.8, 4) is 34.2 Å². The highest BCUT2D eigenvalue weighted by Gasteiger charge is 2.39. The molecule has 8 rings (SSSR count). The van der Waals surface area contributed by atoms with Crippen LogP contribution in [-0.4, -0.2) is 49.7 Å². The van der Waals surface area contributed by atoms with Crippen molar-refractivity contribution in [3.05, 3.63) is 120 Å². The Morgan fingerprint density at radius 2 is 1.51 bits per heavy atom. The number of benzene rings is 3. The molecule has 4 N–H and O–H groups in total. The molecule has 2 aliphatic heterocycles. The number of rotatable bonds is 8. The maximum atomic E-state index is 13.9. The molecule has 5 aromatic rings. The van der Waals surface area contributed by atoms with Gasteiger partial charge in [0.1, 0.15) is 23.4 Å². The van der Waals surface area contributed by atoms with E-state index >= 15 is 0 Å². The van der Waals surface area contributed by atoms with Crippen LogP contribution < -0.4 is 10.6 Å². The number of carbonyl (C=O) groups is 2. The van der Waals surface area contributed by atoms with Crippen molar-refractivity contribution in [1.82, 2.24) is 35.5 Å². The fraction of sp³-hybridized carbons (Fsp3) is 0.300. The number of hydrogen-bond acceptors (Lipinski definition) is 5. The molecule has 1 saturated carbocycles. The van der Waals surface area contributed by atoms with E-state index in [0.717, 1.165) is 83.8 Å². The number of aromatic nitrogens is 4. The molecule has 0 radical (unpaired) electrons. The van der Waals surface area contributed by atoms with Crippen molar-refractivity contribution >= 4 is 11.8 Å². The fourth-order valence-corrected chi connectivity index (χ4v) is 6.89. The quantitative estimate of drug-likeness (QED) is 0.149. The lowest BCUT2D eigenvalue weighted by Crippen LogP contribution is -2.43. The number of likely N-dealkylation sites (tertiary alicyclic amines) is 1. The van der Waals surface area contributed by atoms with Gasteiger partial charge in [0.25, 0.3) is 0 Å². The average Bonchev–Trinajstić information content (AvgIpc) is 3.63. The Balaban J connectivity index is 0.923. The summed E-state index contributed by atoms with van der Waals surface area (Å²) in [6.07, 6.45) is 9.39. The van der Waals surface area contributed by atoms with E-state index in [-0.39, 0.29) is 23.8 Å². The Kier molecular flexibility index (Phi) is 8.54. The van der Waals surface area contributed by atoms with Crippen LogP contribution in [0.25, 0.3) is 22.4 Å². The minimum Gasteiger partial charge on any atom is -0.341 e. The van der Waals surface area contributed by atoms with Gasteiger partial charge in [0.15, 0.2) is 0 Å².